The fourth-order valence-electron chi connectivity index (χ4n) is 4.42. The molecule has 202 valence electrons. The molecule has 0 atom stereocenters. The molecule has 0 aliphatic heterocycles. The number of rotatable bonds is 8. The lowest BCUT2D eigenvalue weighted by Crippen LogP contribution is -2.21. The summed E-state index contributed by atoms with van der Waals surface area (Å²) in [5, 5.41) is 5.80. The largest absolute Gasteiger partial charge is 0.497 e. The number of furan rings is 1. The van der Waals surface area contributed by atoms with E-state index in [0.717, 1.165) is 27.8 Å². The predicted octanol–water partition coefficient (Wildman–Crippen LogP) is 6.17. The summed E-state index contributed by atoms with van der Waals surface area (Å²) in [4.78, 5) is 19.1. The molecule has 9 nitrogen and oxygen atoms in total. The molecule has 0 saturated carbocycles. The van der Waals surface area contributed by atoms with Crippen molar-refractivity contribution in [2.45, 2.75) is 6.61 Å². The van der Waals surface area contributed by atoms with Gasteiger partial charge in [-0.3, -0.25) is 4.79 Å². The second-order valence-electron chi connectivity index (χ2n) is 9.33. The van der Waals surface area contributed by atoms with Crippen LogP contribution in [-0.2, 0) is 6.61 Å². The molecule has 1 amide bonds. The highest BCUT2D eigenvalue weighted by Crippen LogP contribution is 2.34. The lowest BCUT2D eigenvalue weighted by molar-refractivity contribution is 0.0827. The molecule has 10 heteroatoms. The van der Waals surface area contributed by atoms with E-state index in [0.29, 0.717) is 45.1 Å². The second kappa shape index (κ2) is 10.4. The van der Waals surface area contributed by atoms with E-state index in [2.05, 4.69) is 10.1 Å². The Morgan fingerprint density at radius 3 is 2.52 bits per heavy atom. The Hall–Kier alpha value is -4.83. The van der Waals surface area contributed by atoms with Crippen LogP contribution in [0.4, 0.5) is 0 Å². The van der Waals surface area contributed by atoms with Gasteiger partial charge in [-0.25, -0.2) is 9.50 Å². The summed E-state index contributed by atoms with van der Waals surface area (Å²) in [6.45, 7) is 0.309. The molecule has 0 N–H and O–H groups in total. The van der Waals surface area contributed by atoms with Crippen LogP contribution in [-0.4, -0.2) is 53.7 Å². The highest BCUT2D eigenvalue weighted by Gasteiger charge is 2.17. The van der Waals surface area contributed by atoms with Crippen LogP contribution in [0.5, 0.6) is 16.7 Å². The van der Waals surface area contributed by atoms with E-state index in [4.69, 9.17) is 18.6 Å². The van der Waals surface area contributed by atoms with Crippen LogP contribution in [0, 0.1) is 0 Å². The van der Waals surface area contributed by atoms with Crippen LogP contribution in [0.15, 0.2) is 77.3 Å². The molecule has 3 aromatic carbocycles. The van der Waals surface area contributed by atoms with Crippen LogP contribution in [0.25, 0.3) is 38.5 Å². The molecular formula is C30H26N4O5S. The number of hydrogen-bond acceptors (Lipinski definition) is 8. The monoisotopic (exact) mass is 554 g/mol. The van der Waals surface area contributed by atoms with Gasteiger partial charge in [0, 0.05) is 36.7 Å². The van der Waals surface area contributed by atoms with Crippen molar-refractivity contribution in [3.05, 3.63) is 84.1 Å². The lowest BCUT2D eigenvalue weighted by atomic mass is 10.0. The number of benzene rings is 3. The summed E-state index contributed by atoms with van der Waals surface area (Å²) in [7, 11) is 6.69. The number of fused-ring (bicyclic) bond motifs is 2. The van der Waals surface area contributed by atoms with E-state index in [1.54, 1.807) is 37.7 Å². The summed E-state index contributed by atoms with van der Waals surface area (Å²) >= 11 is 1.36. The number of imidazole rings is 1. The Morgan fingerprint density at radius 1 is 0.975 bits per heavy atom. The quantitative estimate of drug-likeness (QED) is 0.222. The first-order valence-electron chi connectivity index (χ1n) is 12.5. The lowest BCUT2D eigenvalue weighted by Gasteiger charge is -2.12. The maximum Gasteiger partial charge on any atom is 0.294 e. The van der Waals surface area contributed by atoms with Gasteiger partial charge in [0.25, 0.3) is 11.1 Å². The summed E-state index contributed by atoms with van der Waals surface area (Å²) in [5.74, 6) is 1.99. The molecule has 0 aliphatic carbocycles. The van der Waals surface area contributed by atoms with Gasteiger partial charge in [-0.1, -0.05) is 24.3 Å². The fraction of sp³-hybridized carbons (Fsp3) is 0.167. The normalized spacial score (nSPS) is 11.2. The number of hydrogen-bond donors (Lipinski definition) is 0. The van der Waals surface area contributed by atoms with Crippen LogP contribution in [0.2, 0.25) is 0 Å². The molecule has 0 saturated heterocycles. The van der Waals surface area contributed by atoms with Crippen LogP contribution < -0.4 is 14.2 Å². The third kappa shape index (κ3) is 4.85. The molecule has 0 unspecified atom stereocenters. The first-order chi connectivity index (χ1) is 19.4. The molecule has 6 rings (SSSR count). The zero-order chi connectivity index (χ0) is 27.8. The Kier molecular flexibility index (Phi) is 6.61. The molecule has 0 spiro atoms. The first kappa shape index (κ1) is 25.4. The zero-order valence-corrected chi connectivity index (χ0v) is 23.2. The molecule has 0 fully saturated rings. The minimum absolute atomic E-state index is 0.0275. The number of aromatic nitrogens is 3. The topological polar surface area (TPSA) is 91.3 Å². The molecular weight excluding hydrogens is 528 g/mol. The van der Waals surface area contributed by atoms with Gasteiger partial charge in [0.15, 0.2) is 5.76 Å². The molecule has 0 bridgehead atoms. The Labute approximate surface area is 234 Å². The van der Waals surface area contributed by atoms with Crippen molar-refractivity contribution in [2.75, 3.05) is 28.3 Å². The minimum atomic E-state index is -0.0275. The molecule has 0 radical (unpaired) electrons. The number of carbonyl (C=O) groups excluding carboxylic acids is 1. The number of nitrogens with zero attached hydrogens (tertiary/aromatic N) is 4. The number of ether oxygens (including phenoxy) is 3. The molecule has 3 heterocycles. The second-order valence-corrected chi connectivity index (χ2v) is 10.2. The third-order valence-electron chi connectivity index (χ3n) is 6.48. The Bertz CT molecular complexity index is 1800. The highest BCUT2D eigenvalue weighted by molar-refractivity contribution is 7.18. The molecule has 3 aromatic heterocycles. The average Bonchev–Trinajstić information content (AvgIpc) is 3.69. The van der Waals surface area contributed by atoms with E-state index in [1.807, 2.05) is 72.9 Å². The summed E-state index contributed by atoms with van der Waals surface area (Å²) in [5.41, 5.74) is 4.91. The van der Waals surface area contributed by atoms with Gasteiger partial charge in [-0.05, 0) is 58.9 Å². The van der Waals surface area contributed by atoms with Crippen molar-refractivity contribution in [1.29, 1.82) is 0 Å². The fourth-order valence-corrected chi connectivity index (χ4v) is 5.12. The standard InChI is InChI=1S/C30H26N4O5S/c1-33(2)28(35)19-10-8-18(9-11-19)20-6-5-7-22(12-20)38-17-21-13-23(36-3)14-26-24(21)15-27(39-26)25-16-34-29(31-25)40-30(32-34)37-4/h5-16H,17H2,1-4H3. The number of amides is 1. The predicted molar refractivity (Wildman–Crippen MR) is 153 cm³/mol. The average molecular weight is 555 g/mol. The van der Waals surface area contributed by atoms with Crippen molar-refractivity contribution in [3.63, 3.8) is 0 Å². The number of methoxy groups -OCH3 is 2. The number of carbonyl (C=O) groups is 1. The smallest absolute Gasteiger partial charge is 0.294 e. The van der Waals surface area contributed by atoms with Gasteiger partial charge in [0.2, 0.25) is 4.96 Å². The van der Waals surface area contributed by atoms with E-state index >= 15 is 0 Å². The van der Waals surface area contributed by atoms with Gasteiger partial charge in [-0.15, -0.1) is 5.10 Å². The van der Waals surface area contributed by atoms with Gasteiger partial charge < -0.3 is 23.5 Å². The zero-order valence-electron chi connectivity index (χ0n) is 22.4. The van der Waals surface area contributed by atoms with Crippen LogP contribution in [0.3, 0.4) is 0 Å². The van der Waals surface area contributed by atoms with Gasteiger partial charge >= 0.3 is 0 Å². The van der Waals surface area contributed by atoms with Crippen molar-refractivity contribution >= 4 is 33.2 Å². The van der Waals surface area contributed by atoms with Crippen molar-refractivity contribution < 1.29 is 23.4 Å². The van der Waals surface area contributed by atoms with E-state index < -0.39 is 0 Å². The summed E-state index contributed by atoms with van der Waals surface area (Å²) in [6.07, 6.45) is 1.81. The van der Waals surface area contributed by atoms with Crippen LogP contribution >= 0.6 is 11.3 Å². The Morgan fingerprint density at radius 2 is 1.80 bits per heavy atom. The van der Waals surface area contributed by atoms with Crippen LogP contribution in [0.1, 0.15) is 15.9 Å². The molecule has 40 heavy (non-hydrogen) atoms. The highest BCUT2D eigenvalue weighted by atomic mass is 32.1. The third-order valence-corrected chi connectivity index (χ3v) is 7.37. The van der Waals surface area contributed by atoms with E-state index in [1.165, 1.54) is 11.3 Å². The van der Waals surface area contributed by atoms with E-state index in [-0.39, 0.29) is 5.91 Å². The van der Waals surface area contributed by atoms with Gasteiger partial charge in [0.05, 0.1) is 20.4 Å². The van der Waals surface area contributed by atoms with E-state index in [9.17, 15) is 4.79 Å². The Balaban J connectivity index is 1.25. The molecule has 0 aliphatic rings. The summed E-state index contributed by atoms with van der Waals surface area (Å²) in [6, 6.07) is 21.2. The summed E-state index contributed by atoms with van der Waals surface area (Å²) < 4.78 is 24.8. The van der Waals surface area contributed by atoms with Gasteiger partial charge in [0.1, 0.15) is 29.4 Å². The first-order valence-corrected chi connectivity index (χ1v) is 13.3. The van der Waals surface area contributed by atoms with Crippen molar-refractivity contribution in [2.24, 2.45) is 0 Å². The van der Waals surface area contributed by atoms with Crippen molar-refractivity contribution in [1.82, 2.24) is 19.5 Å². The van der Waals surface area contributed by atoms with Gasteiger partial charge in [-0.2, -0.15) is 0 Å². The maximum absolute atomic E-state index is 12.2. The molecule has 6 aromatic rings. The van der Waals surface area contributed by atoms with Crippen molar-refractivity contribution in [3.8, 4) is 39.3 Å². The maximum atomic E-state index is 12.2. The minimum Gasteiger partial charge on any atom is -0.497 e. The SMILES string of the molecule is COc1cc(COc2cccc(-c3ccc(C(=O)N(C)C)cc3)c2)c2cc(-c3cn4nc(OC)sc4n3)oc2c1.